The number of phenolic OH excluding ortho intramolecular Hbond substituents is 1. The lowest BCUT2D eigenvalue weighted by Crippen LogP contribution is -2.58. The maximum atomic E-state index is 15.0. The summed E-state index contributed by atoms with van der Waals surface area (Å²) in [6.07, 6.45) is 8.64. The SMILES string of the molecule is C=C1/C=C\C=C/N([C@@H](C)C(=O)NCCSSCCOC(=O)NNC(=O)[C@@H]2C[C@@H](NC(=O)c3csc([C@@H](C[C@H](C(C)C)N(COC(=O)CCC)C(=O)C(NC(=O)[C@@H](C)N(C)CCCC)[C@@H](C)CC)OC(C)=O)n3)Cc3ccc(O)cc32)C(=O)[C@@H](NC(=O)Cc2ccc(CNC(=O)NCCCCCNC(=O)N[C@@H](CCC(=O)O)C(=O)O)cc2)C1. The van der Waals surface area contributed by atoms with Crippen molar-refractivity contribution < 1.29 is 96.7 Å². The van der Waals surface area contributed by atoms with Crippen molar-refractivity contribution >= 4 is 116 Å². The number of esters is 2. The minimum Gasteiger partial charge on any atom is -0.508 e. The van der Waals surface area contributed by atoms with Gasteiger partial charge >= 0.3 is 42.0 Å². The fraction of sp³-hybridized carbons (Fsp3) is 0.562. The third kappa shape index (κ3) is 34.1. The Morgan fingerprint density at radius 2 is 1.47 bits per heavy atom. The van der Waals surface area contributed by atoms with Crippen molar-refractivity contribution in [1.29, 1.82) is 0 Å². The number of aromatic hydroxyl groups is 1. The minimum atomic E-state index is -1.34. The van der Waals surface area contributed by atoms with E-state index in [4.69, 9.17) is 19.3 Å². The molecule has 644 valence electrons. The van der Waals surface area contributed by atoms with Gasteiger partial charge in [0.15, 0.2) is 12.8 Å². The van der Waals surface area contributed by atoms with Gasteiger partial charge in [-0.2, -0.15) is 0 Å². The van der Waals surface area contributed by atoms with Gasteiger partial charge in [0.2, 0.25) is 35.4 Å². The molecule has 0 saturated heterocycles. The van der Waals surface area contributed by atoms with Crippen LogP contribution in [0.15, 0.2) is 84.4 Å². The highest BCUT2D eigenvalue weighted by Gasteiger charge is 2.40. The number of urea groups is 2. The van der Waals surface area contributed by atoms with Gasteiger partial charge in [0.1, 0.15) is 47.2 Å². The number of amides is 12. The monoisotopic (exact) mass is 1690 g/mol. The number of aromatic nitrogens is 1. The molecule has 117 heavy (non-hydrogen) atoms. The molecular formula is C80H116N14O20S3. The number of phenols is 1. The Balaban J connectivity index is 1.06. The number of unbranched alkanes of at least 4 members (excludes halogenated alkanes) is 3. The number of ether oxygens (including phenoxy) is 3. The van der Waals surface area contributed by atoms with E-state index in [-0.39, 0.29) is 105 Å². The van der Waals surface area contributed by atoms with Crippen molar-refractivity contribution in [3.05, 3.63) is 117 Å². The lowest BCUT2D eigenvalue weighted by atomic mass is 9.79. The number of hydrogen-bond donors (Lipinski definition) is 13. The molecular weight excluding hydrogens is 1570 g/mol. The highest BCUT2D eigenvalue weighted by atomic mass is 33.1. The highest BCUT2D eigenvalue weighted by Crippen LogP contribution is 2.36. The summed E-state index contributed by atoms with van der Waals surface area (Å²) in [6.45, 7) is 21.1. The minimum absolute atomic E-state index is 0.0281. The van der Waals surface area contributed by atoms with Crippen LogP contribution < -0.4 is 53.4 Å². The van der Waals surface area contributed by atoms with Crippen LogP contribution in [0.2, 0.25) is 0 Å². The number of thiazole rings is 1. The van der Waals surface area contributed by atoms with Crippen molar-refractivity contribution in [2.24, 2.45) is 11.8 Å². The molecule has 10 atom stereocenters. The predicted molar refractivity (Wildman–Crippen MR) is 441 cm³/mol. The molecule has 5 rings (SSSR count). The zero-order valence-corrected chi connectivity index (χ0v) is 70.7. The fourth-order valence-electron chi connectivity index (χ4n) is 12.5. The Hall–Kier alpha value is -10.3. The maximum Gasteiger partial charge on any atom is 0.426 e. The first-order valence-electron chi connectivity index (χ1n) is 39.4. The first-order chi connectivity index (χ1) is 55.7. The molecule has 12 amide bonds. The molecule has 3 aromatic rings. The molecule has 0 fully saturated rings. The number of aliphatic carboxylic acids is 2. The van der Waals surface area contributed by atoms with E-state index in [1.807, 2.05) is 46.6 Å². The molecule has 0 bridgehead atoms. The second-order valence-electron chi connectivity index (χ2n) is 29.0. The Labute approximate surface area is 694 Å². The molecule has 2 heterocycles. The maximum absolute atomic E-state index is 15.0. The average Bonchev–Trinajstić information content (AvgIpc) is 1.55. The summed E-state index contributed by atoms with van der Waals surface area (Å²) in [5.41, 5.74) is 7.68. The summed E-state index contributed by atoms with van der Waals surface area (Å²) in [4.78, 5) is 193. The van der Waals surface area contributed by atoms with Crippen LogP contribution in [0, 0.1) is 11.8 Å². The van der Waals surface area contributed by atoms with E-state index in [0.29, 0.717) is 79.0 Å². The molecule has 34 nitrogen and oxygen atoms in total. The number of allylic oxidation sites excluding steroid dienone is 3. The van der Waals surface area contributed by atoms with Crippen molar-refractivity contribution in [3.63, 3.8) is 0 Å². The Kier molecular flexibility index (Phi) is 42.5. The topological polar surface area (TPSA) is 470 Å². The van der Waals surface area contributed by atoms with Gasteiger partial charge in [-0.15, -0.1) is 11.3 Å². The first-order valence-corrected chi connectivity index (χ1v) is 42.8. The third-order valence-corrected chi connectivity index (χ3v) is 22.8. The molecule has 13 N–H and O–H groups in total. The van der Waals surface area contributed by atoms with Crippen LogP contribution in [-0.4, -0.2) is 219 Å². The summed E-state index contributed by atoms with van der Waals surface area (Å²) < 4.78 is 16.9. The van der Waals surface area contributed by atoms with Gasteiger partial charge in [0.05, 0.1) is 18.4 Å². The summed E-state index contributed by atoms with van der Waals surface area (Å²) in [5.74, 6) is -8.32. The molecule has 0 spiro atoms. The van der Waals surface area contributed by atoms with E-state index < -0.39 is 145 Å². The number of nitrogens with one attached hydrogen (secondary N) is 10. The summed E-state index contributed by atoms with van der Waals surface area (Å²) >= 11 is 1.05. The molecule has 1 unspecified atom stereocenters. The smallest absolute Gasteiger partial charge is 0.426 e. The quantitative estimate of drug-likeness (QED) is 0.00659. The Morgan fingerprint density at radius 3 is 2.14 bits per heavy atom. The predicted octanol–water partition coefficient (Wildman–Crippen LogP) is 7.29. The number of benzene rings is 2. The van der Waals surface area contributed by atoms with Crippen LogP contribution in [0.25, 0.3) is 0 Å². The number of carboxylic acids is 2. The van der Waals surface area contributed by atoms with Crippen LogP contribution in [0.3, 0.4) is 0 Å². The largest absolute Gasteiger partial charge is 0.508 e. The number of carbonyl (C=O) groups is 14. The summed E-state index contributed by atoms with van der Waals surface area (Å²) in [5, 5.41) is 52.2. The molecule has 1 aromatic heterocycles. The standard InChI is InChI=1S/C80H116N14O20S3/c1-12-15-34-92(11)51(8)71(102)89-69(50(7)14-3)76(106)94(47-113-68(100)21-13-2)64(48(4)5)44-65(114-53(10)95)74-87-63(46-115-74)73(104)85-57-41-56-27-28-58(96)43-59(56)60(42-57)72(103)90-91-80(111)112-36-38-117-116-37-33-81-70(101)52(9)93-35-20-17-22-49(6)39-62(75(93)105)86-66(97)40-54-23-25-55(26-24-54)45-84-78(109)82-31-18-16-19-32-83-79(110)88-61(77(107)108)29-30-67(98)99/h17,20,22-28,35,43,46,48,50-52,57,60-62,64-65,69,96H,6,12-16,18-19,21,29-34,36-42,44-45,47H2,1-5,7-11H3,(H,81,101)(H,85,104)(H,86,97)(H,89,102)(H,90,103)(H,91,111)(H,98,99)(H,107,108)(H2,82,84,109)(H2,83,88,110)/b22-17-,35-20-/t50-,51+,52-,57-,60+,61-,62-,64+,65+,69?/m0/s1. The van der Waals surface area contributed by atoms with Crippen molar-refractivity contribution in [1.82, 2.24) is 73.1 Å². The summed E-state index contributed by atoms with van der Waals surface area (Å²) in [6, 6.07) is 3.95. The van der Waals surface area contributed by atoms with Gasteiger partial charge in [-0.3, -0.25) is 58.3 Å². The van der Waals surface area contributed by atoms with Gasteiger partial charge in [0, 0.05) is 94.0 Å². The van der Waals surface area contributed by atoms with Gasteiger partial charge in [-0.05, 0) is 131 Å². The molecule has 2 aromatic carbocycles. The van der Waals surface area contributed by atoms with Gasteiger partial charge in [-0.25, -0.2) is 29.6 Å². The zero-order valence-electron chi connectivity index (χ0n) is 68.3. The van der Waals surface area contributed by atoms with Crippen LogP contribution in [-0.2, 0) is 81.5 Å². The van der Waals surface area contributed by atoms with Gasteiger partial charge < -0.3 is 81.9 Å². The number of carboxylic acid groups (broad SMARTS) is 2. The van der Waals surface area contributed by atoms with Crippen LogP contribution in [0.4, 0.5) is 14.4 Å². The van der Waals surface area contributed by atoms with Crippen molar-refractivity contribution in [3.8, 4) is 5.75 Å². The van der Waals surface area contributed by atoms with Crippen LogP contribution in [0.5, 0.6) is 5.75 Å². The molecule has 37 heteroatoms. The van der Waals surface area contributed by atoms with E-state index >= 15 is 4.79 Å². The highest BCUT2D eigenvalue weighted by molar-refractivity contribution is 8.76. The number of hydrogen-bond acceptors (Lipinski definition) is 23. The van der Waals surface area contributed by atoms with Crippen molar-refractivity contribution in [2.75, 3.05) is 58.1 Å². The van der Waals surface area contributed by atoms with E-state index in [1.165, 1.54) is 62.0 Å². The average molecular weight is 1690 g/mol. The number of hydrazine groups is 1. The molecule has 1 aliphatic carbocycles. The lowest BCUT2D eigenvalue weighted by molar-refractivity contribution is -0.160. The van der Waals surface area contributed by atoms with Gasteiger partial charge in [-0.1, -0.05) is 131 Å². The summed E-state index contributed by atoms with van der Waals surface area (Å²) in [7, 11) is 4.58. The second kappa shape index (κ2) is 51.0. The number of rotatable bonds is 47. The fourth-order valence-corrected chi connectivity index (χ4v) is 15.1. The lowest BCUT2D eigenvalue weighted by Gasteiger charge is -2.39. The molecule has 1 aliphatic heterocycles. The van der Waals surface area contributed by atoms with Crippen LogP contribution >= 0.6 is 32.9 Å². The van der Waals surface area contributed by atoms with Crippen molar-refractivity contribution in [2.45, 2.75) is 219 Å². The normalized spacial score (nSPS) is 16.8. The number of likely N-dealkylation sites (N-methyl/N-ethyl adjacent to an activating group) is 1. The Morgan fingerprint density at radius 1 is 0.769 bits per heavy atom. The molecule has 0 saturated carbocycles. The number of fused-ring (bicyclic) bond motifs is 1. The van der Waals surface area contributed by atoms with E-state index in [0.717, 1.165) is 29.7 Å². The van der Waals surface area contributed by atoms with Gasteiger partial charge in [0.25, 0.3) is 5.91 Å². The third-order valence-electron chi connectivity index (χ3n) is 19.5. The zero-order chi connectivity index (χ0) is 86.3. The number of carbonyl (C=O) groups excluding carboxylic acids is 12. The molecule has 2 aliphatic rings. The van der Waals surface area contributed by atoms with E-state index in [9.17, 15) is 72.5 Å². The van der Waals surface area contributed by atoms with E-state index in [2.05, 4.69) is 71.9 Å². The first kappa shape index (κ1) is 97.3. The number of nitrogens with zero attached hydrogens (tertiary/aromatic N) is 4. The molecule has 0 radical (unpaired) electrons. The Bertz CT molecular complexity index is 3940. The second-order valence-corrected chi connectivity index (χ2v) is 32.6. The van der Waals surface area contributed by atoms with Crippen LogP contribution in [0.1, 0.15) is 196 Å². The van der Waals surface area contributed by atoms with E-state index in [1.54, 1.807) is 62.4 Å².